The maximum Gasteiger partial charge on any atom is 0.306 e. The first-order valence-corrected chi connectivity index (χ1v) is 13.1. The van der Waals surface area contributed by atoms with Crippen LogP contribution in [0.2, 0.25) is 0 Å². The lowest BCUT2D eigenvalue weighted by molar-refractivity contribution is -0.154. The van der Waals surface area contributed by atoms with Crippen LogP contribution in [0.5, 0.6) is 0 Å². The molecule has 1 aliphatic rings. The molecule has 0 aromatic carbocycles. The smallest absolute Gasteiger partial charge is 0.306 e. The van der Waals surface area contributed by atoms with Crippen molar-refractivity contribution < 1.29 is 19.1 Å². The highest BCUT2D eigenvalue weighted by Crippen LogP contribution is 2.20. The third kappa shape index (κ3) is 16.7. The Hall–Kier alpha value is -1.06. The molecule has 0 atom stereocenters. The van der Waals surface area contributed by atoms with E-state index in [4.69, 9.17) is 9.47 Å². The zero-order valence-electron chi connectivity index (χ0n) is 19.8. The first-order chi connectivity index (χ1) is 14.7. The third-order valence-electron chi connectivity index (χ3n) is 6.14. The molecule has 4 heteroatoms. The molecule has 1 aliphatic carbocycles. The first-order valence-electron chi connectivity index (χ1n) is 13.1. The second-order valence-corrected chi connectivity index (χ2v) is 9.07. The number of hydrogen-bond donors (Lipinski definition) is 0. The van der Waals surface area contributed by atoms with Crippen LogP contribution in [-0.2, 0) is 19.1 Å². The van der Waals surface area contributed by atoms with Crippen LogP contribution in [0.25, 0.3) is 0 Å². The summed E-state index contributed by atoms with van der Waals surface area (Å²) >= 11 is 0. The van der Waals surface area contributed by atoms with Gasteiger partial charge in [0.2, 0.25) is 0 Å². The maximum absolute atomic E-state index is 11.9. The van der Waals surface area contributed by atoms with Crippen molar-refractivity contribution in [3.8, 4) is 0 Å². The minimum atomic E-state index is -0.272. The summed E-state index contributed by atoms with van der Waals surface area (Å²) in [6.07, 6.45) is 24.0. The van der Waals surface area contributed by atoms with E-state index in [0.29, 0.717) is 6.61 Å². The van der Waals surface area contributed by atoms with E-state index in [0.717, 1.165) is 38.5 Å². The van der Waals surface area contributed by atoms with Crippen LogP contribution in [0.15, 0.2) is 0 Å². The summed E-state index contributed by atoms with van der Waals surface area (Å²) in [6, 6.07) is 0. The fourth-order valence-corrected chi connectivity index (χ4v) is 4.19. The van der Waals surface area contributed by atoms with Crippen LogP contribution >= 0.6 is 0 Å². The van der Waals surface area contributed by atoms with E-state index in [9.17, 15) is 9.59 Å². The molecule has 1 saturated carbocycles. The molecule has 176 valence electrons. The van der Waals surface area contributed by atoms with Gasteiger partial charge in [-0.15, -0.1) is 0 Å². The van der Waals surface area contributed by atoms with Gasteiger partial charge in [0, 0.05) is 0 Å². The molecule has 1 rings (SSSR count). The maximum atomic E-state index is 11.9. The Morgan fingerprint density at radius 1 is 0.633 bits per heavy atom. The minimum Gasteiger partial charge on any atom is -0.466 e. The van der Waals surface area contributed by atoms with Crippen molar-refractivity contribution in [2.24, 2.45) is 0 Å². The Morgan fingerprint density at radius 3 is 1.63 bits per heavy atom. The second kappa shape index (κ2) is 19.9. The fourth-order valence-electron chi connectivity index (χ4n) is 4.19. The van der Waals surface area contributed by atoms with Crippen molar-refractivity contribution in [2.45, 2.75) is 148 Å². The number of esters is 2. The molecule has 0 N–H and O–H groups in total. The summed E-state index contributed by atoms with van der Waals surface area (Å²) in [5, 5.41) is 0. The lowest BCUT2D eigenvalue weighted by Crippen LogP contribution is -2.18. The van der Waals surface area contributed by atoms with Gasteiger partial charge in [-0.25, -0.2) is 0 Å². The molecule has 0 spiro atoms. The Morgan fingerprint density at radius 2 is 1.10 bits per heavy atom. The van der Waals surface area contributed by atoms with Crippen molar-refractivity contribution in [1.29, 1.82) is 0 Å². The molecule has 1 fully saturated rings. The van der Waals surface area contributed by atoms with Crippen LogP contribution < -0.4 is 0 Å². The summed E-state index contributed by atoms with van der Waals surface area (Å²) in [6.45, 7) is 2.75. The molecule has 30 heavy (non-hydrogen) atoms. The average molecular weight is 425 g/mol. The van der Waals surface area contributed by atoms with Crippen LogP contribution in [0.4, 0.5) is 0 Å². The Labute approximate surface area is 185 Å². The van der Waals surface area contributed by atoms with Gasteiger partial charge in [0.05, 0.1) is 19.4 Å². The van der Waals surface area contributed by atoms with E-state index >= 15 is 0 Å². The summed E-state index contributed by atoms with van der Waals surface area (Å²) in [7, 11) is 0. The van der Waals surface area contributed by atoms with Crippen LogP contribution in [0.1, 0.15) is 142 Å². The Bertz CT molecular complexity index is 413. The van der Waals surface area contributed by atoms with E-state index in [1.165, 1.54) is 83.5 Å². The molecule has 0 bridgehead atoms. The highest BCUT2D eigenvalue weighted by Gasteiger charge is 2.17. The zero-order chi connectivity index (χ0) is 21.7. The Kier molecular flexibility index (Phi) is 17.9. The average Bonchev–Trinajstić information content (AvgIpc) is 3.01. The van der Waals surface area contributed by atoms with Gasteiger partial charge in [-0.05, 0) is 32.1 Å². The van der Waals surface area contributed by atoms with Gasteiger partial charge < -0.3 is 9.47 Å². The summed E-state index contributed by atoms with van der Waals surface area (Å²) in [4.78, 5) is 23.7. The number of hydrogen-bond acceptors (Lipinski definition) is 4. The number of rotatable bonds is 18. The lowest BCUT2D eigenvalue weighted by atomic mass is 10.0. The quantitative estimate of drug-likeness (QED) is 0.129. The van der Waals surface area contributed by atoms with E-state index in [2.05, 4.69) is 6.92 Å². The summed E-state index contributed by atoms with van der Waals surface area (Å²) in [5.41, 5.74) is 0. The molecule has 0 aliphatic heterocycles. The predicted octanol–water partition coefficient (Wildman–Crippen LogP) is 7.67. The van der Waals surface area contributed by atoms with Gasteiger partial charge in [0.1, 0.15) is 6.10 Å². The van der Waals surface area contributed by atoms with E-state index in [1.807, 2.05) is 0 Å². The SMILES string of the molecule is CCCCCCCCCCCCCCCOC(=O)CCC(=O)OC1CCCCCC1. The van der Waals surface area contributed by atoms with E-state index in [1.54, 1.807) is 0 Å². The minimum absolute atomic E-state index is 0.0572. The third-order valence-corrected chi connectivity index (χ3v) is 6.14. The van der Waals surface area contributed by atoms with Crippen LogP contribution in [0.3, 0.4) is 0 Å². The number of unbranched alkanes of at least 4 members (excludes halogenated alkanes) is 12. The van der Waals surface area contributed by atoms with Crippen molar-refractivity contribution in [1.82, 2.24) is 0 Å². The fraction of sp³-hybridized carbons (Fsp3) is 0.923. The molecule has 0 amide bonds. The lowest BCUT2D eigenvalue weighted by Gasteiger charge is -2.15. The number of carbonyl (C=O) groups excluding carboxylic acids is 2. The molecule has 4 nitrogen and oxygen atoms in total. The number of carbonyl (C=O) groups is 2. The standard InChI is InChI=1S/C26H48O4/c1-2-3-4-5-6-7-8-9-10-11-12-15-18-23-29-25(27)21-22-26(28)30-24-19-16-13-14-17-20-24/h24H,2-23H2,1H3. The normalized spacial score (nSPS) is 15.0. The van der Waals surface area contributed by atoms with E-state index < -0.39 is 0 Å². The molecule has 0 aromatic heterocycles. The molecule has 0 unspecified atom stereocenters. The molecular formula is C26H48O4. The van der Waals surface area contributed by atoms with Gasteiger partial charge in [0.15, 0.2) is 0 Å². The number of ether oxygens (including phenoxy) is 2. The van der Waals surface area contributed by atoms with Crippen molar-refractivity contribution in [3.05, 3.63) is 0 Å². The summed E-state index contributed by atoms with van der Waals surface area (Å²) in [5.74, 6) is -0.522. The Balaban J connectivity index is 1.83. The van der Waals surface area contributed by atoms with Gasteiger partial charge >= 0.3 is 11.9 Å². The largest absolute Gasteiger partial charge is 0.466 e. The zero-order valence-corrected chi connectivity index (χ0v) is 19.8. The molecule has 0 radical (unpaired) electrons. The molecule has 0 saturated heterocycles. The van der Waals surface area contributed by atoms with E-state index in [-0.39, 0.29) is 30.9 Å². The highest BCUT2D eigenvalue weighted by molar-refractivity contribution is 5.77. The monoisotopic (exact) mass is 424 g/mol. The second-order valence-electron chi connectivity index (χ2n) is 9.07. The van der Waals surface area contributed by atoms with Crippen molar-refractivity contribution in [3.63, 3.8) is 0 Å². The van der Waals surface area contributed by atoms with Crippen molar-refractivity contribution >= 4 is 11.9 Å². The van der Waals surface area contributed by atoms with Crippen LogP contribution in [0, 0.1) is 0 Å². The van der Waals surface area contributed by atoms with Gasteiger partial charge in [-0.1, -0.05) is 96.8 Å². The van der Waals surface area contributed by atoms with Crippen molar-refractivity contribution in [2.75, 3.05) is 6.61 Å². The van der Waals surface area contributed by atoms with Gasteiger partial charge in [0.25, 0.3) is 0 Å². The van der Waals surface area contributed by atoms with Gasteiger partial charge in [-0.2, -0.15) is 0 Å². The molecular weight excluding hydrogens is 376 g/mol. The first kappa shape index (κ1) is 27.0. The van der Waals surface area contributed by atoms with Crippen LogP contribution in [-0.4, -0.2) is 24.6 Å². The predicted molar refractivity (Wildman–Crippen MR) is 123 cm³/mol. The summed E-state index contributed by atoms with van der Waals surface area (Å²) < 4.78 is 10.8. The highest BCUT2D eigenvalue weighted by atomic mass is 16.5. The molecule has 0 aromatic rings. The van der Waals surface area contributed by atoms with Gasteiger partial charge in [-0.3, -0.25) is 9.59 Å². The molecule has 0 heterocycles. The topological polar surface area (TPSA) is 52.6 Å².